The van der Waals surface area contributed by atoms with Gasteiger partial charge >= 0.3 is 0 Å². The van der Waals surface area contributed by atoms with Crippen LogP contribution in [0, 0.1) is 6.92 Å². The van der Waals surface area contributed by atoms with E-state index in [0.29, 0.717) is 10.3 Å². The summed E-state index contributed by atoms with van der Waals surface area (Å²) < 4.78 is 33.1. The van der Waals surface area contributed by atoms with Gasteiger partial charge in [0, 0.05) is 30.6 Å². The van der Waals surface area contributed by atoms with Gasteiger partial charge in [0.15, 0.2) is 0 Å². The molecule has 21 heavy (non-hydrogen) atoms. The minimum absolute atomic E-state index is 0.00963. The van der Waals surface area contributed by atoms with Gasteiger partial charge in [-0.05, 0) is 44.2 Å². The highest BCUT2D eigenvalue weighted by molar-refractivity contribution is 7.91. The number of hydrogen-bond donors (Lipinski definition) is 2. The van der Waals surface area contributed by atoms with Gasteiger partial charge in [-0.3, -0.25) is 0 Å². The first kappa shape index (κ1) is 15.4. The van der Waals surface area contributed by atoms with E-state index >= 15 is 0 Å². The summed E-state index contributed by atoms with van der Waals surface area (Å²) in [6.45, 7) is 2.75. The topological polar surface area (TPSA) is 67.4 Å². The largest absolute Gasteiger partial charge is 0.381 e. The predicted molar refractivity (Wildman–Crippen MR) is 83.1 cm³/mol. The Morgan fingerprint density at radius 3 is 2.67 bits per heavy atom. The minimum Gasteiger partial charge on any atom is -0.381 e. The maximum absolute atomic E-state index is 12.4. The third-order valence-electron chi connectivity index (χ3n) is 4.14. The van der Waals surface area contributed by atoms with Gasteiger partial charge in [0.05, 0.1) is 6.10 Å². The first-order valence-electron chi connectivity index (χ1n) is 7.36. The van der Waals surface area contributed by atoms with Crippen molar-refractivity contribution in [1.29, 1.82) is 0 Å². The Kier molecular flexibility index (Phi) is 4.38. The van der Waals surface area contributed by atoms with E-state index in [1.807, 2.05) is 6.92 Å². The molecule has 3 rings (SSSR count). The summed E-state index contributed by atoms with van der Waals surface area (Å²) in [7, 11) is -1.73. The van der Waals surface area contributed by atoms with Crippen LogP contribution in [0.2, 0.25) is 0 Å². The zero-order valence-corrected chi connectivity index (χ0v) is 14.0. The number of hydrogen-bond acceptors (Lipinski definition) is 5. The zero-order chi connectivity index (χ0) is 15.0. The fourth-order valence-electron chi connectivity index (χ4n) is 2.45. The van der Waals surface area contributed by atoms with E-state index in [9.17, 15) is 8.42 Å². The molecule has 7 heteroatoms. The zero-order valence-electron chi connectivity index (χ0n) is 12.4. The van der Waals surface area contributed by atoms with Crippen LogP contribution < -0.4 is 10.0 Å². The highest BCUT2D eigenvalue weighted by Crippen LogP contribution is 2.30. The molecule has 2 N–H and O–H groups in total. The molecule has 2 saturated carbocycles. The Hall–Kier alpha value is -0.470. The number of thiophene rings is 1. The highest BCUT2D eigenvalue weighted by atomic mass is 32.2. The monoisotopic (exact) mass is 330 g/mol. The molecule has 2 aliphatic rings. The van der Waals surface area contributed by atoms with Gasteiger partial charge in [0.1, 0.15) is 4.21 Å². The number of ether oxygens (including phenoxy) is 1. The van der Waals surface area contributed by atoms with E-state index in [1.165, 1.54) is 24.2 Å². The van der Waals surface area contributed by atoms with Crippen molar-refractivity contribution >= 4 is 21.4 Å². The fourth-order valence-corrected chi connectivity index (χ4v) is 5.27. The molecule has 0 bridgehead atoms. The van der Waals surface area contributed by atoms with Gasteiger partial charge in [0.2, 0.25) is 10.0 Å². The van der Waals surface area contributed by atoms with Crippen LogP contribution in [0.15, 0.2) is 10.3 Å². The summed E-state index contributed by atoms with van der Waals surface area (Å²) in [5, 5.41) is 3.43. The molecule has 2 fully saturated rings. The molecule has 0 aromatic carbocycles. The van der Waals surface area contributed by atoms with Crippen molar-refractivity contribution in [3.8, 4) is 0 Å². The van der Waals surface area contributed by atoms with Crippen LogP contribution in [0.25, 0.3) is 0 Å². The molecule has 0 aliphatic heterocycles. The summed E-state index contributed by atoms with van der Waals surface area (Å²) >= 11 is 1.38. The molecular weight excluding hydrogens is 308 g/mol. The van der Waals surface area contributed by atoms with E-state index in [-0.39, 0.29) is 12.1 Å². The quantitative estimate of drug-likeness (QED) is 0.799. The first-order chi connectivity index (χ1) is 9.98. The van der Waals surface area contributed by atoms with Crippen molar-refractivity contribution in [2.45, 2.75) is 61.5 Å². The van der Waals surface area contributed by atoms with E-state index in [0.717, 1.165) is 29.8 Å². The molecule has 0 amide bonds. The molecule has 0 saturated heterocycles. The van der Waals surface area contributed by atoms with Gasteiger partial charge in [0.25, 0.3) is 0 Å². The number of rotatable bonds is 7. The van der Waals surface area contributed by atoms with Crippen LogP contribution in [0.5, 0.6) is 0 Å². The van der Waals surface area contributed by atoms with Crippen LogP contribution in [-0.4, -0.2) is 33.7 Å². The Bertz CT molecular complexity index is 602. The lowest BCUT2D eigenvalue weighted by Crippen LogP contribution is -2.47. The molecule has 2 aliphatic carbocycles. The van der Waals surface area contributed by atoms with Crippen molar-refractivity contribution in [2.24, 2.45) is 0 Å². The van der Waals surface area contributed by atoms with Gasteiger partial charge in [-0.15, -0.1) is 11.3 Å². The van der Waals surface area contributed by atoms with E-state index < -0.39 is 10.0 Å². The van der Waals surface area contributed by atoms with E-state index in [1.54, 1.807) is 13.2 Å². The smallest absolute Gasteiger partial charge is 0.250 e. The maximum Gasteiger partial charge on any atom is 0.250 e. The molecule has 0 unspecified atom stereocenters. The average molecular weight is 330 g/mol. The molecule has 5 nitrogen and oxygen atoms in total. The van der Waals surface area contributed by atoms with Crippen LogP contribution in [0.4, 0.5) is 0 Å². The molecule has 1 aromatic rings. The summed E-state index contributed by atoms with van der Waals surface area (Å²) in [5.74, 6) is 0. The lowest BCUT2D eigenvalue weighted by molar-refractivity contribution is 0.0236. The fraction of sp³-hybridized carbons (Fsp3) is 0.714. The van der Waals surface area contributed by atoms with Crippen LogP contribution >= 0.6 is 11.3 Å². The van der Waals surface area contributed by atoms with E-state index in [2.05, 4.69) is 10.0 Å². The van der Waals surface area contributed by atoms with Gasteiger partial charge in [-0.25, -0.2) is 13.1 Å². The predicted octanol–water partition coefficient (Wildman–Crippen LogP) is 1.76. The van der Waals surface area contributed by atoms with Gasteiger partial charge in [-0.1, -0.05) is 0 Å². The Balaban J connectivity index is 1.63. The third-order valence-corrected chi connectivity index (χ3v) is 7.37. The second-order valence-corrected chi connectivity index (χ2v) is 9.05. The summed E-state index contributed by atoms with van der Waals surface area (Å²) in [5.41, 5.74) is 1.05. The molecule has 118 valence electrons. The molecule has 0 atom stereocenters. The first-order valence-corrected chi connectivity index (χ1v) is 9.65. The molecule has 1 aromatic heterocycles. The second-order valence-electron chi connectivity index (χ2n) is 5.97. The summed E-state index contributed by atoms with van der Waals surface area (Å²) in [6.07, 6.45) is 4.19. The average Bonchev–Trinajstić information content (AvgIpc) is 3.14. The van der Waals surface area contributed by atoms with Crippen molar-refractivity contribution < 1.29 is 13.2 Å². The Morgan fingerprint density at radius 2 is 2.05 bits per heavy atom. The van der Waals surface area contributed by atoms with Crippen LogP contribution in [0.3, 0.4) is 0 Å². The molecule has 1 heterocycles. The number of nitrogens with one attached hydrogen (secondary N) is 2. The SMILES string of the molecule is COC1CC(NS(=O)(=O)c2cc(C)c(CNC3CC3)s2)C1. The number of aryl methyl sites for hydroxylation is 1. The lowest BCUT2D eigenvalue weighted by atomic mass is 9.90. The van der Waals surface area contributed by atoms with Gasteiger partial charge < -0.3 is 10.1 Å². The van der Waals surface area contributed by atoms with Crippen molar-refractivity contribution in [3.05, 3.63) is 16.5 Å². The minimum atomic E-state index is -3.39. The standard InChI is InChI=1S/C14H22N2O3S2/c1-9-5-14(20-13(9)8-15-10-3-4-10)21(17,18)16-11-6-12(7-11)19-2/h5,10-12,15-16H,3-4,6-8H2,1-2H3. The number of methoxy groups -OCH3 is 1. The third kappa shape index (κ3) is 3.65. The van der Waals surface area contributed by atoms with Crippen LogP contribution in [0.1, 0.15) is 36.1 Å². The highest BCUT2D eigenvalue weighted by Gasteiger charge is 2.33. The molecular formula is C14H22N2O3S2. The van der Waals surface area contributed by atoms with Gasteiger partial charge in [-0.2, -0.15) is 0 Å². The lowest BCUT2D eigenvalue weighted by Gasteiger charge is -2.34. The van der Waals surface area contributed by atoms with Crippen LogP contribution in [-0.2, 0) is 21.3 Å². The maximum atomic E-state index is 12.4. The Morgan fingerprint density at radius 1 is 1.33 bits per heavy atom. The van der Waals surface area contributed by atoms with Crippen molar-refractivity contribution in [1.82, 2.24) is 10.0 Å². The normalized spacial score (nSPS) is 25.8. The second kappa shape index (κ2) is 5.96. The molecule has 0 spiro atoms. The summed E-state index contributed by atoms with van der Waals surface area (Å²) in [4.78, 5) is 1.12. The summed E-state index contributed by atoms with van der Waals surface area (Å²) in [6, 6.07) is 2.42. The number of sulfonamides is 1. The van der Waals surface area contributed by atoms with Crippen molar-refractivity contribution in [2.75, 3.05) is 7.11 Å². The Labute approximate surface area is 130 Å². The van der Waals surface area contributed by atoms with Crippen molar-refractivity contribution in [3.63, 3.8) is 0 Å². The molecule has 0 radical (unpaired) electrons. The van der Waals surface area contributed by atoms with E-state index in [4.69, 9.17) is 4.74 Å².